The Hall–Kier alpha value is -6.26. The van der Waals surface area contributed by atoms with Gasteiger partial charge in [0.2, 0.25) is 0 Å². The van der Waals surface area contributed by atoms with E-state index in [2.05, 4.69) is 215 Å². The van der Waals surface area contributed by atoms with Crippen molar-refractivity contribution in [2.75, 3.05) is 0 Å². The molecule has 1 N–H and O–H groups in total. The number of para-hydroxylation sites is 1. The first kappa shape index (κ1) is 44.0. The molecule has 0 amide bonds. The number of hydrogen-bond acceptors (Lipinski definition) is 3. The average Bonchev–Trinajstić information content (AvgIpc) is 3.64. The first-order valence-electron chi connectivity index (χ1n) is 23.6. The van der Waals surface area contributed by atoms with Gasteiger partial charge in [-0.15, -0.1) is 0 Å². The second kappa shape index (κ2) is 16.6. The molecule has 2 aromatic heterocycles. The van der Waals surface area contributed by atoms with Gasteiger partial charge in [-0.25, -0.2) is 4.98 Å². The van der Waals surface area contributed by atoms with Crippen LogP contribution in [0.4, 0.5) is 0 Å². The Kier molecular flexibility index (Phi) is 11.2. The zero-order valence-corrected chi connectivity index (χ0v) is 41.1. The lowest BCUT2D eigenvalue weighted by atomic mass is 9.79. The molecule has 0 fully saturated rings. The molecule has 0 bridgehead atoms. The number of nitrogens with zero attached hydrogens (tertiary/aromatic N) is 3. The summed E-state index contributed by atoms with van der Waals surface area (Å²) in [7, 11) is 0. The summed E-state index contributed by atoms with van der Waals surface area (Å²) in [6.07, 6.45) is 1.92. The average molecular weight is 859 g/mol. The lowest BCUT2D eigenvalue weighted by molar-refractivity contribution is 0.446. The lowest BCUT2D eigenvalue weighted by Crippen LogP contribution is -2.17. The minimum Gasteiger partial charge on any atom is -0.507 e. The fourth-order valence-corrected chi connectivity index (χ4v) is 8.75. The number of fused-ring (bicyclic) bond motifs is 1. The van der Waals surface area contributed by atoms with Crippen molar-refractivity contribution in [1.82, 2.24) is 14.5 Å². The van der Waals surface area contributed by atoms with Crippen LogP contribution in [0.2, 0.25) is 0 Å². The third kappa shape index (κ3) is 9.06. The standard InChI is InChI=1S/C61H67N3O/c1-38(2)41-25-28-53(49(34-41)40-19-16-15-17-20-40)64-54-22-18-21-48(55(54)63-57(64)50-36-47(60(9,10)11)37-51(56(50)65)61(12,13)14)43-31-44(33-46(32-43)59(6,7)8)52-35-42(29-30-62-52)39-23-26-45(27-24-39)58(3,4)5/h15-38,65H,1-14H3/i38D. The van der Waals surface area contributed by atoms with Gasteiger partial charge < -0.3 is 5.11 Å². The number of phenolic OH excluding ortho intramolecular Hbond substituents is 1. The highest BCUT2D eigenvalue weighted by atomic mass is 16.3. The van der Waals surface area contributed by atoms with Crippen LogP contribution in [0.25, 0.3) is 72.7 Å². The Morgan fingerprint density at radius 2 is 1.15 bits per heavy atom. The maximum atomic E-state index is 12.5. The molecule has 0 saturated carbocycles. The number of phenols is 1. The highest BCUT2D eigenvalue weighted by Crippen LogP contribution is 2.46. The third-order valence-corrected chi connectivity index (χ3v) is 12.9. The van der Waals surface area contributed by atoms with E-state index in [1.54, 1.807) is 0 Å². The third-order valence-electron chi connectivity index (χ3n) is 12.9. The molecule has 65 heavy (non-hydrogen) atoms. The molecule has 2 heterocycles. The normalized spacial score (nSPS) is 13.0. The molecule has 0 aliphatic carbocycles. The van der Waals surface area contributed by atoms with E-state index in [9.17, 15) is 5.11 Å². The highest BCUT2D eigenvalue weighted by Gasteiger charge is 2.30. The Balaban J connectivity index is 1.43. The van der Waals surface area contributed by atoms with Crippen molar-refractivity contribution in [3.63, 3.8) is 0 Å². The molecule has 0 spiro atoms. The monoisotopic (exact) mass is 859 g/mol. The quantitative estimate of drug-likeness (QED) is 0.174. The van der Waals surface area contributed by atoms with Crippen LogP contribution in [-0.2, 0) is 21.7 Å². The van der Waals surface area contributed by atoms with Crippen LogP contribution in [0.15, 0.2) is 140 Å². The fraction of sp³-hybridized carbons (Fsp3) is 0.311. The molecule has 8 aromatic rings. The number of rotatable bonds is 7. The summed E-state index contributed by atoms with van der Waals surface area (Å²) in [5.41, 5.74) is 16.4. The fourth-order valence-electron chi connectivity index (χ4n) is 8.75. The van der Waals surface area contributed by atoms with Crippen molar-refractivity contribution in [3.8, 4) is 67.5 Å². The van der Waals surface area contributed by atoms with E-state index in [4.69, 9.17) is 11.3 Å². The second-order valence-corrected chi connectivity index (χ2v) is 22.3. The molecule has 4 nitrogen and oxygen atoms in total. The van der Waals surface area contributed by atoms with Gasteiger partial charge >= 0.3 is 0 Å². The Labute approximate surface area is 389 Å². The van der Waals surface area contributed by atoms with Gasteiger partial charge in [-0.1, -0.05) is 182 Å². The van der Waals surface area contributed by atoms with E-state index in [1.807, 2.05) is 26.1 Å². The molecule has 4 heteroatoms. The van der Waals surface area contributed by atoms with Crippen LogP contribution >= 0.6 is 0 Å². The topological polar surface area (TPSA) is 50.9 Å². The summed E-state index contributed by atoms with van der Waals surface area (Å²) in [6.45, 7) is 30.5. The predicted octanol–water partition coefficient (Wildman–Crippen LogP) is 16.8. The van der Waals surface area contributed by atoms with Crippen molar-refractivity contribution < 1.29 is 6.48 Å². The molecular formula is C61H67N3O. The number of pyridine rings is 1. The number of imidazole rings is 1. The van der Waals surface area contributed by atoms with E-state index >= 15 is 0 Å². The van der Waals surface area contributed by atoms with Gasteiger partial charge in [0.1, 0.15) is 11.6 Å². The van der Waals surface area contributed by atoms with E-state index in [-0.39, 0.29) is 27.4 Å². The van der Waals surface area contributed by atoms with Gasteiger partial charge in [-0.3, -0.25) is 9.55 Å². The number of hydrogen-bond donors (Lipinski definition) is 1. The van der Waals surface area contributed by atoms with E-state index < -0.39 is 5.89 Å². The molecule has 8 rings (SSSR count). The number of aromatic nitrogens is 3. The zero-order chi connectivity index (χ0) is 47.7. The summed E-state index contributed by atoms with van der Waals surface area (Å²) in [4.78, 5) is 10.6. The molecule has 0 radical (unpaired) electrons. The highest BCUT2D eigenvalue weighted by molar-refractivity contribution is 5.98. The van der Waals surface area contributed by atoms with Crippen LogP contribution in [0.1, 0.15) is 132 Å². The summed E-state index contributed by atoms with van der Waals surface area (Å²) < 4.78 is 11.3. The van der Waals surface area contributed by atoms with Crippen LogP contribution in [0.5, 0.6) is 5.75 Å². The van der Waals surface area contributed by atoms with Crippen LogP contribution in [-0.4, -0.2) is 19.6 Å². The van der Waals surface area contributed by atoms with Crippen molar-refractivity contribution >= 4 is 11.0 Å². The van der Waals surface area contributed by atoms with Crippen LogP contribution in [0.3, 0.4) is 0 Å². The van der Waals surface area contributed by atoms with Gasteiger partial charge in [-0.2, -0.15) is 0 Å². The molecule has 0 aliphatic rings. The van der Waals surface area contributed by atoms with Crippen LogP contribution < -0.4 is 0 Å². The maximum Gasteiger partial charge on any atom is 0.149 e. The first-order valence-corrected chi connectivity index (χ1v) is 23.1. The van der Waals surface area contributed by atoms with Crippen LogP contribution in [0, 0.1) is 0 Å². The van der Waals surface area contributed by atoms with Gasteiger partial charge in [0.05, 0.1) is 28.0 Å². The largest absolute Gasteiger partial charge is 0.507 e. The van der Waals surface area contributed by atoms with Gasteiger partial charge in [0, 0.05) is 29.8 Å². The summed E-state index contributed by atoms with van der Waals surface area (Å²) in [6, 6.07) is 47.6. The Morgan fingerprint density at radius 3 is 1.78 bits per heavy atom. The van der Waals surface area contributed by atoms with Gasteiger partial charge in [-0.05, 0) is 121 Å². The first-order chi connectivity index (χ1) is 30.8. The van der Waals surface area contributed by atoms with E-state index in [1.165, 1.54) is 11.1 Å². The van der Waals surface area contributed by atoms with Crippen molar-refractivity contribution in [2.24, 2.45) is 0 Å². The number of aromatic hydroxyl groups is 1. The van der Waals surface area contributed by atoms with Crippen molar-refractivity contribution in [3.05, 3.63) is 167 Å². The Morgan fingerprint density at radius 1 is 0.508 bits per heavy atom. The molecule has 0 saturated heterocycles. The molecule has 332 valence electrons. The summed E-state index contributed by atoms with van der Waals surface area (Å²) in [5.74, 6) is 0.0623. The minimum absolute atomic E-state index is 0.0750. The van der Waals surface area contributed by atoms with E-state index in [0.29, 0.717) is 11.4 Å². The molecule has 0 atom stereocenters. The summed E-state index contributed by atoms with van der Waals surface area (Å²) >= 11 is 0. The number of benzene rings is 6. The minimum atomic E-state index is -0.822. The Bertz CT molecular complexity index is 3080. The lowest BCUT2D eigenvalue weighted by Gasteiger charge is -2.27. The molecule has 0 unspecified atom stereocenters. The SMILES string of the molecule is [2H]C(C)(C)c1ccc(-n2c(-c3cc(C(C)(C)C)cc(C(C)(C)C)c3O)nc3c(-c4cc(-c5cc(-c6ccc(C(C)(C)C)cc6)ccn5)cc(C(C)(C)C)c4)cccc32)c(-c2ccccc2)c1. The zero-order valence-electron chi connectivity index (χ0n) is 42.1. The van der Waals surface area contributed by atoms with E-state index in [0.717, 1.165) is 78.0 Å². The van der Waals surface area contributed by atoms with Gasteiger partial charge in [0.15, 0.2) is 0 Å². The molecule has 0 aliphatic heterocycles. The van der Waals surface area contributed by atoms with Crippen molar-refractivity contribution in [2.45, 2.75) is 124 Å². The van der Waals surface area contributed by atoms with Gasteiger partial charge in [0.25, 0.3) is 0 Å². The smallest absolute Gasteiger partial charge is 0.149 e. The molecular weight excluding hydrogens is 791 g/mol. The summed E-state index contributed by atoms with van der Waals surface area (Å²) in [5, 5.41) is 12.5. The molecule has 6 aromatic carbocycles. The predicted molar refractivity (Wildman–Crippen MR) is 277 cm³/mol. The second-order valence-electron chi connectivity index (χ2n) is 22.3. The van der Waals surface area contributed by atoms with Crippen molar-refractivity contribution in [1.29, 1.82) is 0 Å². The maximum absolute atomic E-state index is 12.5.